The maximum absolute atomic E-state index is 9.39. The Morgan fingerprint density at radius 3 is 2.50 bits per heavy atom. The molecular formula is C12H24NO4Y-. The molecule has 105 valence electrons. The van der Waals surface area contributed by atoms with Gasteiger partial charge in [0.05, 0.1) is 6.10 Å². The summed E-state index contributed by atoms with van der Waals surface area (Å²) in [4.78, 5) is 9.39. The average molecular weight is 335 g/mol. The molecule has 1 rings (SSSR count). The molecule has 5 nitrogen and oxygen atoms in total. The van der Waals surface area contributed by atoms with Crippen molar-refractivity contribution in [2.24, 2.45) is 5.73 Å². The van der Waals surface area contributed by atoms with Gasteiger partial charge in [0.25, 0.3) is 6.47 Å². The van der Waals surface area contributed by atoms with Crippen LogP contribution in [0.15, 0.2) is 0 Å². The standard InChI is InChI=1S/C8H16NO.C4H8O3.Y/c1-2-10-8-6-4-3-5-7(8)9;1-2-4(6)7-3-5;/h7-8H,1-6,9H2;3-4,6H,2H2,1H3;/q-1;;/t7-,8-;;/m1../s1. The fourth-order valence-electron chi connectivity index (χ4n) is 1.64. The average Bonchev–Trinajstić information content (AvgIpc) is 2.33. The van der Waals surface area contributed by atoms with Crippen molar-refractivity contribution in [2.45, 2.75) is 57.5 Å². The molecule has 1 fully saturated rings. The molecule has 1 aliphatic carbocycles. The van der Waals surface area contributed by atoms with Crippen LogP contribution < -0.4 is 5.73 Å². The molecule has 0 saturated heterocycles. The Kier molecular flexibility index (Phi) is 16.0. The van der Waals surface area contributed by atoms with Crippen LogP contribution in [-0.4, -0.2) is 36.6 Å². The van der Waals surface area contributed by atoms with Crippen LogP contribution in [0.4, 0.5) is 0 Å². The number of aliphatic hydroxyl groups excluding tert-OH is 1. The van der Waals surface area contributed by atoms with Gasteiger partial charge in [-0.15, -0.1) is 0 Å². The van der Waals surface area contributed by atoms with E-state index >= 15 is 0 Å². The minimum atomic E-state index is -0.919. The third-order valence-corrected chi connectivity index (χ3v) is 2.65. The van der Waals surface area contributed by atoms with Crippen molar-refractivity contribution in [2.75, 3.05) is 6.61 Å². The van der Waals surface area contributed by atoms with Crippen molar-refractivity contribution in [1.82, 2.24) is 0 Å². The second-order valence-corrected chi connectivity index (χ2v) is 3.95. The van der Waals surface area contributed by atoms with Crippen LogP contribution in [0.2, 0.25) is 0 Å². The van der Waals surface area contributed by atoms with Crippen LogP contribution in [0.1, 0.15) is 39.0 Å². The van der Waals surface area contributed by atoms with Gasteiger partial charge in [0.1, 0.15) is 0 Å². The molecule has 3 atom stereocenters. The predicted octanol–water partition coefficient (Wildman–Crippen LogP) is 0.992. The third kappa shape index (κ3) is 10.4. The Bertz CT molecular complexity index is 193. The number of rotatable bonds is 5. The molecule has 0 aromatic carbocycles. The minimum absolute atomic E-state index is 0. The van der Waals surface area contributed by atoms with Gasteiger partial charge in [0.2, 0.25) is 0 Å². The zero-order valence-electron chi connectivity index (χ0n) is 11.1. The normalized spacial score (nSPS) is 24.0. The number of hydrogen-bond donors (Lipinski definition) is 2. The van der Waals surface area contributed by atoms with Crippen molar-refractivity contribution in [3.05, 3.63) is 6.92 Å². The van der Waals surface area contributed by atoms with E-state index in [-0.39, 0.29) is 51.3 Å². The molecule has 1 radical (unpaired) electrons. The van der Waals surface area contributed by atoms with Crippen LogP contribution in [0.5, 0.6) is 0 Å². The Morgan fingerprint density at radius 2 is 2.11 bits per heavy atom. The van der Waals surface area contributed by atoms with Gasteiger partial charge in [-0.2, -0.15) is 0 Å². The van der Waals surface area contributed by atoms with Crippen LogP contribution in [0, 0.1) is 6.92 Å². The van der Waals surface area contributed by atoms with Crippen molar-refractivity contribution < 1.29 is 52.1 Å². The fraction of sp³-hybridized carbons (Fsp3) is 0.833. The smallest absolute Gasteiger partial charge is 0.295 e. The zero-order chi connectivity index (χ0) is 13.1. The number of carbonyl (C=O) groups excluding carboxylic acids is 1. The summed E-state index contributed by atoms with van der Waals surface area (Å²) >= 11 is 0. The maximum Gasteiger partial charge on any atom is 0.295 e. The molecule has 0 aromatic rings. The van der Waals surface area contributed by atoms with Crippen molar-refractivity contribution in [3.8, 4) is 0 Å². The summed E-state index contributed by atoms with van der Waals surface area (Å²) in [6, 6.07) is 0.260. The van der Waals surface area contributed by atoms with Crippen LogP contribution >= 0.6 is 0 Å². The minimum Gasteiger partial charge on any atom is -0.438 e. The molecule has 0 aromatic heterocycles. The zero-order valence-corrected chi connectivity index (χ0v) is 13.9. The van der Waals surface area contributed by atoms with Gasteiger partial charge in [-0.05, 0) is 12.8 Å². The van der Waals surface area contributed by atoms with Crippen molar-refractivity contribution in [3.63, 3.8) is 0 Å². The number of hydrogen-bond acceptors (Lipinski definition) is 5. The van der Waals surface area contributed by atoms with Gasteiger partial charge in [0, 0.05) is 45.2 Å². The Labute approximate surface area is 135 Å². The summed E-state index contributed by atoms with van der Waals surface area (Å²) in [7, 11) is 0. The molecule has 6 heteroatoms. The predicted molar refractivity (Wildman–Crippen MR) is 65.0 cm³/mol. The van der Waals surface area contributed by atoms with E-state index in [1.807, 2.05) is 0 Å². The van der Waals surface area contributed by atoms with Crippen LogP contribution in [-0.2, 0) is 47.0 Å². The molecule has 0 amide bonds. The molecule has 1 saturated carbocycles. The Morgan fingerprint density at radius 1 is 1.50 bits per heavy atom. The SMILES string of the molecule is CCC(O)OC=O.[CH2-]CO[C@@H]1CCCC[C@H]1N.[Y]. The van der Waals surface area contributed by atoms with Gasteiger partial charge in [-0.25, -0.2) is 0 Å². The first-order valence-corrected chi connectivity index (χ1v) is 6.09. The molecule has 0 heterocycles. The van der Waals surface area contributed by atoms with Gasteiger partial charge >= 0.3 is 0 Å². The van der Waals surface area contributed by atoms with E-state index in [0.29, 0.717) is 13.0 Å². The largest absolute Gasteiger partial charge is 0.438 e. The second-order valence-electron chi connectivity index (χ2n) is 3.95. The number of ether oxygens (including phenoxy) is 2. The number of carbonyl (C=O) groups is 1. The van der Waals surface area contributed by atoms with E-state index in [9.17, 15) is 4.79 Å². The molecular weight excluding hydrogens is 311 g/mol. The summed E-state index contributed by atoms with van der Waals surface area (Å²) in [5.74, 6) is 0. The fourth-order valence-corrected chi connectivity index (χ4v) is 1.64. The summed E-state index contributed by atoms with van der Waals surface area (Å²) in [5, 5.41) is 8.40. The van der Waals surface area contributed by atoms with Crippen molar-refractivity contribution in [1.29, 1.82) is 0 Å². The first kappa shape index (κ1) is 20.8. The second kappa shape index (κ2) is 13.9. The van der Waals surface area contributed by atoms with E-state index in [1.165, 1.54) is 12.8 Å². The molecule has 1 aliphatic rings. The van der Waals surface area contributed by atoms with Crippen molar-refractivity contribution >= 4 is 6.47 Å². The van der Waals surface area contributed by atoms with Crippen LogP contribution in [0.3, 0.4) is 0 Å². The molecule has 0 bridgehead atoms. The first-order chi connectivity index (χ1) is 8.15. The summed E-state index contributed by atoms with van der Waals surface area (Å²) in [5.41, 5.74) is 5.81. The van der Waals surface area contributed by atoms with E-state index in [2.05, 4.69) is 11.7 Å². The summed E-state index contributed by atoms with van der Waals surface area (Å²) < 4.78 is 9.42. The molecule has 0 spiro atoms. The summed E-state index contributed by atoms with van der Waals surface area (Å²) in [6.45, 7) is 6.14. The number of nitrogens with two attached hydrogens (primary N) is 1. The topological polar surface area (TPSA) is 81.8 Å². The summed E-state index contributed by atoms with van der Waals surface area (Å²) in [6.07, 6.45) is 4.57. The maximum atomic E-state index is 9.39. The molecule has 18 heavy (non-hydrogen) atoms. The Hall–Kier alpha value is 0.454. The van der Waals surface area contributed by atoms with E-state index in [0.717, 1.165) is 12.8 Å². The molecule has 3 N–H and O–H groups in total. The Balaban J connectivity index is 0. The van der Waals surface area contributed by atoms with Crippen LogP contribution in [0.25, 0.3) is 0 Å². The number of aliphatic hydroxyl groups is 1. The van der Waals surface area contributed by atoms with Gasteiger partial charge in [-0.3, -0.25) is 4.79 Å². The quantitative estimate of drug-likeness (QED) is 0.445. The third-order valence-electron chi connectivity index (χ3n) is 2.65. The monoisotopic (exact) mass is 335 g/mol. The van der Waals surface area contributed by atoms with E-state index in [1.54, 1.807) is 6.92 Å². The van der Waals surface area contributed by atoms with Gasteiger partial charge in [-0.1, -0.05) is 26.4 Å². The van der Waals surface area contributed by atoms with E-state index in [4.69, 9.17) is 15.6 Å². The van der Waals surface area contributed by atoms with Gasteiger partial charge in [0.15, 0.2) is 6.29 Å². The van der Waals surface area contributed by atoms with E-state index < -0.39 is 6.29 Å². The first-order valence-electron chi connectivity index (χ1n) is 6.09. The van der Waals surface area contributed by atoms with Gasteiger partial charge < -0.3 is 27.2 Å². The molecule has 0 aliphatic heterocycles. The molecule has 1 unspecified atom stereocenters.